The molecule has 0 heterocycles. The minimum atomic E-state index is -4.14. The van der Waals surface area contributed by atoms with Crippen molar-refractivity contribution in [1.29, 1.82) is 0 Å². The number of sulfonamides is 1. The van der Waals surface area contributed by atoms with Gasteiger partial charge in [0.05, 0.1) is 18.3 Å². The van der Waals surface area contributed by atoms with Gasteiger partial charge in [0.2, 0.25) is 21.8 Å². The summed E-state index contributed by atoms with van der Waals surface area (Å²) >= 11 is 12.4. The van der Waals surface area contributed by atoms with Gasteiger partial charge in [-0.2, -0.15) is 0 Å². The quantitative estimate of drug-likeness (QED) is 0.273. The summed E-state index contributed by atoms with van der Waals surface area (Å²) < 4.78 is 31.8. The van der Waals surface area contributed by atoms with E-state index in [1.165, 1.54) is 30.2 Å². The average molecular weight is 616 g/mol. The predicted octanol–water partition coefficient (Wildman–Crippen LogP) is 4.54. The van der Waals surface area contributed by atoms with Crippen LogP contribution in [0.1, 0.15) is 44.6 Å². The number of anilines is 1. The number of carbonyl (C=O) groups is 2. The third-order valence-corrected chi connectivity index (χ3v) is 8.48. The van der Waals surface area contributed by atoms with Crippen molar-refractivity contribution in [1.82, 2.24) is 10.2 Å². The van der Waals surface area contributed by atoms with E-state index in [1.807, 2.05) is 0 Å². The molecule has 1 unspecified atom stereocenters. The van der Waals surface area contributed by atoms with Gasteiger partial charge in [0, 0.05) is 34.8 Å². The van der Waals surface area contributed by atoms with Crippen molar-refractivity contribution in [2.45, 2.75) is 57.7 Å². The SMILES string of the molecule is CCC(C(=O)NC1CCCC1)N(Cc1ccc(Cl)cc1Cl)C(=O)CN(c1cc([N+](=O)[O-])ccc1OC)S(C)(=O)=O. The molecule has 218 valence electrons. The van der Waals surface area contributed by atoms with E-state index in [0.29, 0.717) is 10.6 Å². The molecule has 0 saturated heterocycles. The molecule has 1 fully saturated rings. The number of nitro benzene ring substituents is 1. The van der Waals surface area contributed by atoms with Crippen molar-refractivity contribution in [3.8, 4) is 5.75 Å². The first kappa shape index (κ1) is 31.4. The van der Waals surface area contributed by atoms with Gasteiger partial charge in [-0.25, -0.2) is 8.42 Å². The number of hydrogen-bond donors (Lipinski definition) is 1. The fraction of sp³-hybridized carbons (Fsp3) is 0.462. The van der Waals surface area contributed by atoms with Gasteiger partial charge in [0.25, 0.3) is 5.69 Å². The lowest BCUT2D eigenvalue weighted by Crippen LogP contribution is -2.53. The summed E-state index contributed by atoms with van der Waals surface area (Å²) in [4.78, 5) is 39.3. The molecule has 2 amide bonds. The Morgan fingerprint density at radius 2 is 1.85 bits per heavy atom. The van der Waals surface area contributed by atoms with Crippen LogP contribution < -0.4 is 14.4 Å². The normalized spacial score (nSPS) is 14.4. The molecule has 2 aromatic carbocycles. The minimum Gasteiger partial charge on any atom is -0.495 e. The molecule has 0 spiro atoms. The average Bonchev–Trinajstić information content (AvgIpc) is 3.40. The predicted molar refractivity (Wildman–Crippen MR) is 153 cm³/mol. The highest BCUT2D eigenvalue weighted by molar-refractivity contribution is 7.92. The lowest BCUT2D eigenvalue weighted by Gasteiger charge is -2.33. The van der Waals surface area contributed by atoms with Gasteiger partial charge in [-0.05, 0) is 43.0 Å². The number of hydrogen-bond acceptors (Lipinski definition) is 7. The Morgan fingerprint density at radius 1 is 1.18 bits per heavy atom. The summed E-state index contributed by atoms with van der Waals surface area (Å²) in [6.45, 7) is 0.907. The fourth-order valence-electron chi connectivity index (χ4n) is 4.70. The largest absolute Gasteiger partial charge is 0.495 e. The summed E-state index contributed by atoms with van der Waals surface area (Å²) in [6.07, 6.45) is 4.80. The zero-order valence-corrected chi connectivity index (χ0v) is 24.8. The van der Waals surface area contributed by atoms with Crippen LogP contribution in [0.15, 0.2) is 36.4 Å². The third-order valence-electron chi connectivity index (χ3n) is 6.76. The molecule has 0 bridgehead atoms. The summed E-state index contributed by atoms with van der Waals surface area (Å²) in [6, 6.07) is 7.25. The topological polar surface area (TPSA) is 139 Å². The standard InChI is InChI=1S/C26H32Cl2N4O7S/c1-4-22(26(34)29-19-7-5-6-8-19)30(15-17-9-10-18(27)13-21(17)28)25(33)16-31(40(3,37)38)23-14-20(32(35)36)11-12-24(23)39-2/h9-14,19,22H,4-8,15-16H2,1-3H3,(H,29,34). The van der Waals surface area contributed by atoms with Crippen molar-refractivity contribution in [2.75, 3.05) is 24.2 Å². The van der Waals surface area contributed by atoms with Crippen LogP contribution in [0.3, 0.4) is 0 Å². The second kappa shape index (κ2) is 13.5. The molecule has 0 aromatic heterocycles. The van der Waals surface area contributed by atoms with Crippen LogP contribution in [-0.2, 0) is 26.2 Å². The van der Waals surface area contributed by atoms with Crippen molar-refractivity contribution < 1.29 is 27.7 Å². The van der Waals surface area contributed by atoms with Gasteiger partial charge in [-0.3, -0.25) is 24.0 Å². The second-order valence-corrected chi connectivity index (χ2v) is 12.3. The number of nitrogens with one attached hydrogen (secondary N) is 1. The maximum atomic E-state index is 13.9. The van der Waals surface area contributed by atoms with Gasteiger partial charge in [-0.15, -0.1) is 0 Å². The van der Waals surface area contributed by atoms with E-state index < -0.39 is 33.4 Å². The Balaban J connectivity index is 2.03. The third kappa shape index (κ3) is 7.76. The summed E-state index contributed by atoms with van der Waals surface area (Å²) in [5, 5.41) is 15.1. The Hall–Kier alpha value is -3.09. The lowest BCUT2D eigenvalue weighted by atomic mass is 10.1. The van der Waals surface area contributed by atoms with Crippen LogP contribution in [0.2, 0.25) is 10.0 Å². The number of methoxy groups -OCH3 is 1. The number of nitro groups is 1. The molecule has 0 radical (unpaired) electrons. The monoisotopic (exact) mass is 614 g/mol. The number of amides is 2. The van der Waals surface area contributed by atoms with E-state index in [0.717, 1.165) is 42.3 Å². The van der Waals surface area contributed by atoms with E-state index in [4.69, 9.17) is 27.9 Å². The molecule has 1 saturated carbocycles. The molecule has 1 atom stereocenters. The van der Waals surface area contributed by atoms with Gasteiger partial charge in [-0.1, -0.05) is 49.0 Å². The summed E-state index contributed by atoms with van der Waals surface area (Å²) in [7, 11) is -2.86. The molecule has 1 aliphatic rings. The number of benzene rings is 2. The van der Waals surface area contributed by atoms with E-state index in [-0.39, 0.29) is 47.1 Å². The molecular weight excluding hydrogens is 583 g/mol. The Bertz CT molecular complexity index is 1370. The van der Waals surface area contributed by atoms with Crippen molar-refractivity contribution in [3.63, 3.8) is 0 Å². The highest BCUT2D eigenvalue weighted by Crippen LogP contribution is 2.34. The molecule has 2 aromatic rings. The number of non-ortho nitro benzene ring substituents is 1. The molecular formula is C26H32Cl2N4O7S. The minimum absolute atomic E-state index is 0.000677. The zero-order chi connectivity index (χ0) is 29.6. The van der Waals surface area contributed by atoms with Crippen LogP contribution in [0.4, 0.5) is 11.4 Å². The van der Waals surface area contributed by atoms with Gasteiger partial charge < -0.3 is 15.0 Å². The van der Waals surface area contributed by atoms with Gasteiger partial charge in [0.1, 0.15) is 24.0 Å². The Kier molecular flexibility index (Phi) is 10.6. The van der Waals surface area contributed by atoms with E-state index in [2.05, 4.69) is 5.32 Å². The summed E-state index contributed by atoms with van der Waals surface area (Å²) in [5.74, 6) is -1.05. The van der Waals surface area contributed by atoms with E-state index in [1.54, 1.807) is 19.1 Å². The molecule has 40 heavy (non-hydrogen) atoms. The van der Waals surface area contributed by atoms with Gasteiger partial charge >= 0.3 is 0 Å². The number of halogens is 2. The summed E-state index contributed by atoms with van der Waals surface area (Å²) in [5.41, 5.74) is -0.0603. The Morgan fingerprint density at radius 3 is 2.40 bits per heavy atom. The maximum absolute atomic E-state index is 13.9. The highest BCUT2D eigenvalue weighted by Gasteiger charge is 2.34. The molecule has 3 rings (SSSR count). The van der Waals surface area contributed by atoms with Gasteiger partial charge in [0.15, 0.2) is 0 Å². The highest BCUT2D eigenvalue weighted by atomic mass is 35.5. The number of carbonyl (C=O) groups excluding carboxylic acids is 2. The van der Waals surface area contributed by atoms with Crippen molar-refractivity contribution in [3.05, 3.63) is 62.1 Å². The first-order valence-corrected chi connectivity index (χ1v) is 15.3. The van der Waals surface area contributed by atoms with E-state index >= 15 is 0 Å². The van der Waals surface area contributed by atoms with Crippen LogP contribution in [0.5, 0.6) is 5.75 Å². The maximum Gasteiger partial charge on any atom is 0.271 e. The van der Waals surface area contributed by atoms with Crippen LogP contribution in [0, 0.1) is 10.1 Å². The lowest BCUT2D eigenvalue weighted by molar-refractivity contribution is -0.384. The molecule has 1 N–H and O–H groups in total. The zero-order valence-electron chi connectivity index (χ0n) is 22.4. The number of ether oxygens (including phenoxy) is 1. The van der Waals surface area contributed by atoms with Crippen LogP contribution in [0.25, 0.3) is 0 Å². The van der Waals surface area contributed by atoms with Crippen molar-refractivity contribution in [2.24, 2.45) is 0 Å². The molecule has 11 nitrogen and oxygen atoms in total. The van der Waals surface area contributed by atoms with Crippen molar-refractivity contribution >= 4 is 56.4 Å². The fourth-order valence-corrected chi connectivity index (χ4v) is 6.02. The number of nitrogens with zero attached hydrogens (tertiary/aromatic N) is 3. The van der Waals surface area contributed by atoms with E-state index in [9.17, 15) is 28.1 Å². The van der Waals surface area contributed by atoms with Crippen LogP contribution in [-0.4, -0.2) is 62.0 Å². The molecule has 14 heteroatoms. The first-order valence-electron chi connectivity index (χ1n) is 12.7. The molecule has 1 aliphatic carbocycles. The second-order valence-electron chi connectivity index (χ2n) is 9.55. The first-order chi connectivity index (χ1) is 18.8. The Labute approximate surface area is 243 Å². The van der Waals surface area contributed by atoms with Crippen LogP contribution >= 0.6 is 23.2 Å². The molecule has 0 aliphatic heterocycles. The number of rotatable bonds is 12. The smallest absolute Gasteiger partial charge is 0.271 e.